The second-order valence-electron chi connectivity index (χ2n) is 4.64. The molecule has 0 saturated carbocycles. The SMILES string of the molecule is Cc1ccc(NC(=O)[C@@H](OC(=O)CCl)C(C)C)cc1. The number of carbonyl (C=O) groups is 2. The van der Waals surface area contributed by atoms with Crippen LogP contribution in [0.3, 0.4) is 0 Å². The van der Waals surface area contributed by atoms with E-state index >= 15 is 0 Å². The second-order valence-corrected chi connectivity index (χ2v) is 4.91. The average molecular weight is 284 g/mol. The summed E-state index contributed by atoms with van der Waals surface area (Å²) in [5.74, 6) is -1.34. The van der Waals surface area contributed by atoms with Gasteiger partial charge in [-0.1, -0.05) is 31.5 Å². The van der Waals surface area contributed by atoms with Gasteiger partial charge in [-0.2, -0.15) is 0 Å². The molecule has 0 heterocycles. The van der Waals surface area contributed by atoms with Crippen LogP contribution in [0.15, 0.2) is 24.3 Å². The van der Waals surface area contributed by atoms with Crippen molar-refractivity contribution in [1.82, 2.24) is 0 Å². The molecule has 1 amide bonds. The fourth-order valence-electron chi connectivity index (χ4n) is 1.52. The number of alkyl halides is 1. The Morgan fingerprint density at radius 1 is 1.26 bits per heavy atom. The predicted molar refractivity (Wildman–Crippen MR) is 75.2 cm³/mol. The topological polar surface area (TPSA) is 55.4 Å². The van der Waals surface area contributed by atoms with E-state index in [0.717, 1.165) is 5.56 Å². The molecule has 19 heavy (non-hydrogen) atoms. The van der Waals surface area contributed by atoms with E-state index in [9.17, 15) is 9.59 Å². The van der Waals surface area contributed by atoms with Crippen molar-refractivity contribution >= 4 is 29.2 Å². The van der Waals surface area contributed by atoms with Crippen molar-refractivity contribution in [3.05, 3.63) is 29.8 Å². The second kappa shape index (κ2) is 7.14. The smallest absolute Gasteiger partial charge is 0.321 e. The van der Waals surface area contributed by atoms with E-state index in [4.69, 9.17) is 16.3 Å². The minimum absolute atomic E-state index is 0.127. The van der Waals surface area contributed by atoms with Crippen LogP contribution in [-0.4, -0.2) is 23.9 Å². The number of rotatable bonds is 5. The van der Waals surface area contributed by atoms with Crippen LogP contribution in [0.4, 0.5) is 5.69 Å². The number of anilines is 1. The van der Waals surface area contributed by atoms with Gasteiger partial charge in [0.05, 0.1) is 0 Å². The van der Waals surface area contributed by atoms with E-state index in [1.807, 2.05) is 19.1 Å². The summed E-state index contributed by atoms with van der Waals surface area (Å²) < 4.78 is 5.04. The third kappa shape index (κ3) is 4.91. The first-order valence-corrected chi connectivity index (χ1v) is 6.60. The lowest BCUT2D eigenvalue weighted by Crippen LogP contribution is -2.36. The zero-order valence-electron chi connectivity index (χ0n) is 11.3. The molecule has 0 saturated heterocycles. The van der Waals surface area contributed by atoms with Crippen molar-refractivity contribution < 1.29 is 14.3 Å². The van der Waals surface area contributed by atoms with Crippen LogP contribution in [0, 0.1) is 12.8 Å². The van der Waals surface area contributed by atoms with E-state index < -0.39 is 12.1 Å². The lowest BCUT2D eigenvalue weighted by atomic mass is 10.1. The fraction of sp³-hybridized carbons (Fsp3) is 0.429. The molecule has 1 atom stereocenters. The number of benzene rings is 1. The van der Waals surface area contributed by atoms with Gasteiger partial charge >= 0.3 is 5.97 Å². The van der Waals surface area contributed by atoms with Crippen LogP contribution in [0.2, 0.25) is 0 Å². The molecule has 0 unspecified atom stereocenters. The van der Waals surface area contributed by atoms with Gasteiger partial charge in [0.25, 0.3) is 5.91 Å². The molecule has 1 N–H and O–H groups in total. The first-order valence-electron chi connectivity index (χ1n) is 6.07. The third-order valence-electron chi connectivity index (χ3n) is 2.55. The van der Waals surface area contributed by atoms with Gasteiger partial charge in [-0.3, -0.25) is 9.59 Å². The predicted octanol–water partition coefficient (Wildman–Crippen LogP) is 2.74. The van der Waals surface area contributed by atoms with Crippen LogP contribution >= 0.6 is 11.6 Å². The Hall–Kier alpha value is -1.55. The minimum atomic E-state index is -0.840. The van der Waals surface area contributed by atoms with Gasteiger partial charge in [-0.25, -0.2) is 0 Å². The Morgan fingerprint density at radius 2 is 1.84 bits per heavy atom. The van der Waals surface area contributed by atoms with Gasteiger partial charge in [0, 0.05) is 5.69 Å². The molecule has 4 nitrogen and oxygen atoms in total. The van der Waals surface area contributed by atoms with E-state index in [1.54, 1.807) is 26.0 Å². The number of aryl methyl sites for hydroxylation is 1. The molecule has 104 valence electrons. The standard InChI is InChI=1S/C14H18ClNO3/c1-9(2)13(19-12(17)8-15)14(18)16-11-6-4-10(3)5-7-11/h4-7,9,13H,8H2,1-3H3,(H,16,18)/t13-/m0/s1. The number of amides is 1. The summed E-state index contributed by atoms with van der Waals surface area (Å²) in [6.45, 7) is 5.58. The molecule has 0 aliphatic carbocycles. The summed E-state index contributed by atoms with van der Waals surface area (Å²) in [5, 5.41) is 2.72. The quantitative estimate of drug-likeness (QED) is 0.668. The molecule has 0 spiro atoms. The van der Waals surface area contributed by atoms with Gasteiger partial charge in [0.15, 0.2) is 6.10 Å². The van der Waals surface area contributed by atoms with Crippen LogP contribution in [-0.2, 0) is 14.3 Å². The Labute approximate surface area is 118 Å². The highest BCUT2D eigenvalue weighted by Crippen LogP contribution is 2.13. The lowest BCUT2D eigenvalue weighted by molar-refractivity contribution is -0.154. The third-order valence-corrected chi connectivity index (χ3v) is 2.77. The monoisotopic (exact) mass is 283 g/mol. The van der Waals surface area contributed by atoms with Crippen molar-refractivity contribution in [3.8, 4) is 0 Å². The Morgan fingerprint density at radius 3 is 2.32 bits per heavy atom. The molecular weight excluding hydrogens is 266 g/mol. The van der Waals surface area contributed by atoms with Gasteiger partial charge < -0.3 is 10.1 Å². The summed E-state index contributed by atoms with van der Waals surface area (Å²) in [6, 6.07) is 7.39. The first kappa shape index (κ1) is 15.5. The Balaban J connectivity index is 2.71. The highest BCUT2D eigenvalue weighted by molar-refractivity contribution is 6.26. The number of halogens is 1. The molecule has 1 rings (SSSR count). The molecule has 5 heteroatoms. The summed E-state index contributed by atoms with van der Waals surface area (Å²) >= 11 is 5.38. The van der Waals surface area contributed by atoms with Crippen molar-refractivity contribution in [2.75, 3.05) is 11.2 Å². The summed E-state index contributed by atoms with van der Waals surface area (Å²) in [4.78, 5) is 23.3. The first-order chi connectivity index (χ1) is 8.93. The number of hydrogen-bond acceptors (Lipinski definition) is 3. The van der Waals surface area contributed by atoms with Gasteiger partial charge in [-0.05, 0) is 25.0 Å². The Kier molecular flexibility index (Phi) is 5.83. The maximum absolute atomic E-state index is 12.1. The van der Waals surface area contributed by atoms with Gasteiger partial charge in [-0.15, -0.1) is 11.6 Å². The minimum Gasteiger partial charge on any atom is -0.451 e. The molecular formula is C14H18ClNO3. The largest absolute Gasteiger partial charge is 0.451 e. The lowest BCUT2D eigenvalue weighted by Gasteiger charge is -2.20. The summed E-state index contributed by atoms with van der Waals surface area (Å²) in [7, 11) is 0. The summed E-state index contributed by atoms with van der Waals surface area (Å²) in [6.07, 6.45) is -0.840. The number of ether oxygens (including phenoxy) is 1. The van der Waals surface area contributed by atoms with E-state index in [-0.39, 0.29) is 17.7 Å². The van der Waals surface area contributed by atoms with Crippen LogP contribution in [0.1, 0.15) is 19.4 Å². The highest BCUT2D eigenvalue weighted by Gasteiger charge is 2.26. The van der Waals surface area contributed by atoms with Crippen molar-refractivity contribution in [1.29, 1.82) is 0 Å². The van der Waals surface area contributed by atoms with E-state index in [1.165, 1.54) is 0 Å². The average Bonchev–Trinajstić information content (AvgIpc) is 2.37. The van der Waals surface area contributed by atoms with Gasteiger partial charge in [0.2, 0.25) is 0 Å². The highest BCUT2D eigenvalue weighted by atomic mass is 35.5. The molecule has 0 bridgehead atoms. The van der Waals surface area contributed by atoms with E-state index in [2.05, 4.69) is 5.32 Å². The zero-order chi connectivity index (χ0) is 14.4. The number of carbonyl (C=O) groups excluding carboxylic acids is 2. The van der Waals surface area contributed by atoms with Gasteiger partial charge in [0.1, 0.15) is 5.88 Å². The molecule has 0 aliphatic rings. The van der Waals surface area contributed by atoms with Crippen LogP contribution < -0.4 is 5.32 Å². The molecule has 0 radical (unpaired) electrons. The molecule has 1 aromatic rings. The number of nitrogens with one attached hydrogen (secondary N) is 1. The molecule has 1 aromatic carbocycles. The number of esters is 1. The normalized spacial score (nSPS) is 12.1. The number of hydrogen-bond donors (Lipinski definition) is 1. The summed E-state index contributed by atoms with van der Waals surface area (Å²) in [5.41, 5.74) is 1.77. The maximum Gasteiger partial charge on any atom is 0.321 e. The van der Waals surface area contributed by atoms with Crippen molar-refractivity contribution in [3.63, 3.8) is 0 Å². The maximum atomic E-state index is 12.1. The zero-order valence-corrected chi connectivity index (χ0v) is 12.0. The van der Waals surface area contributed by atoms with E-state index in [0.29, 0.717) is 5.69 Å². The van der Waals surface area contributed by atoms with Crippen molar-refractivity contribution in [2.45, 2.75) is 26.9 Å². The molecule has 0 aliphatic heterocycles. The molecule has 0 aromatic heterocycles. The molecule has 0 fully saturated rings. The fourth-order valence-corrected chi connectivity index (χ4v) is 1.58. The van der Waals surface area contributed by atoms with Crippen molar-refractivity contribution in [2.24, 2.45) is 5.92 Å². The van der Waals surface area contributed by atoms with Crippen LogP contribution in [0.5, 0.6) is 0 Å². The van der Waals surface area contributed by atoms with Crippen LogP contribution in [0.25, 0.3) is 0 Å². The Bertz CT molecular complexity index is 443.